The zero-order chi connectivity index (χ0) is 19.1. The molecule has 2 N–H and O–H groups in total. The highest BCUT2D eigenvalue weighted by Gasteiger charge is 2.32. The number of hydrogen-bond acceptors (Lipinski definition) is 5. The van der Waals surface area contributed by atoms with Crippen LogP contribution in [0.4, 0.5) is 4.79 Å². The van der Waals surface area contributed by atoms with Crippen LogP contribution in [0.3, 0.4) is 0 Å². The van der Waals surface area contributed by atoms with Crippen LogP contribution in [0, 0.1) is 0 Å². The fourth-order valence-electron chi connectivity index (χ4n) is 2.76. The Morgan fingerprint density at radius 2 is 1.69 bits per heavy atom. The van der Waals surface area contributed by atoms with Crippen molar-refractivity contribution in [1.82, 2.24) is 19.2 Å². The number of fused-ring (bicyclic) bond motifs is 1. The third-order valence-electron chi connectivity index (χ3n) is 4.02. The van der Waals surface area contributed by atoms with Crippen LogP contribution in [-0.4, -0.2) is 65.5 Å². The van der Waals surface area contributed by atoms with E-state index in [1.807, 2.05) is 0 Å². The van der Waals surface area contributed by atoms with E-state index in [1.165, 1.54) is 21.3 Å². The Kier molecular flexibility index (Phi) is 4.57. The Morgan fingerprint density at radius 3 is 2.31 bits per heavy atom. The second-order valence-electron chi connectivity index (χ2n) is 7.16. The SMILES string of the molecule is CC(C)(C)OC(=O)N1CCN(S(=O)(=O)c2ccc3[nH]c(=O)[nH]c3c2)CC1. The highest BCUT2D eigenvalue weighted by Crippen LogP contribution is 2.21. The highest BCUT2D eigenvalue weighted by molar-refractivity contribution is 7.89. The lowest BCUT2D eigenvalue weighted by Gasteiger charge is -2.34. The Morgan fingerprint density at radius 1 is 1.08 bits per heavy atom. The number of piperazine rings is 1. The molecule has 9 nitrogen and oxygen atoms in total. The molecule has 2 heterocycles. The summed E-state index contributed by atoms with van der Waals surface area (Å²) < 4.78 is 32.3. The van der Waals surface area contributed by atoms with Gasteiger partial charge in [-0.25, -0.2) is 18.0 Å². The van der Waals surface area contributed by atoms with Gasteiger partial charge in [0.25, 0.3) is 0 Å². The van der Waals surface area contributed by atoms with Gasteiger partial charge in [0.1, 0.15) is 5.60 Å². The summed E-state index contributed by atoms with van der Waals surface area (Å²) in [6, 6.07) is 4.45. The molecule has 1 fully saturated rings. The van der Waals surface area contributed by atoms with Crippen LogP contribution >= 0.6 is 0 Å². The van der Waals surface area contributed by atoms with Crippen molar-refractivity contribution >= 4 is 27.1 Å². The average molecular weight is 382 g/mol. The molecule has 1 amide bonds. The van der Waals surface area contributed by atoms with Crippen LogP contribution in [-0.2, 0) is 14.8 Å². The third-order valence-corrected chi connectivity index (χ3v) is 5.91. The van der Waals surface area contributed by atoms with E-state index in [0.717, 1.165) is 0 Å². The number of nitrogens with zero attached hydrogens (tertiary/aromatic N) is 2. The molecule has 0 saturated carbocycles. The molecule has 26 heavy (non-hydrogen) atoms. The van der Waals surface area contributed by atoms with Crippen molar-refractivity contribution in [3.8, 4) is 0 Å². The van der Waals surface area contributed by atoms with Gasteiger partial charge in [-0.15, -0.1) is 0 Å². The summed E-state index contributed by atoms with van der Waals surface area (Å²) in [4.78, 5) is 30.2. The topological polar surface area (TPSA) is 116 Å². The van der Waals surface area contributed by atoms with Crippen molar-refractivity contribution in [2.45, 2.75) is 31.3 Å². The number of carbonyl (C=O) groups is 1. The van der Waals surface area contributed by atoms with Gasteiger partial charge in [-0.1, -0.05) is 0 Å². The Bertz CT molecular complexity index is 978. The van der Waals surface area contributed by atoms with Crippen molar-refractivity contribution in [2.24, 2.45) is 0 Å². The van der Waals surface area contributed by atoms with Gasteiger partial charge in [-0.05, 0) is 39.0 Å². The lowest BCUT2D eigenvalue weighted by molar-refractivity contribution is 0.0192. The fraction of sp³-hybridized carbons (Fsp3) is 0.500. The normalized spacial score (nSPS) is 16.8. The molecule has 3 rings (SSSR count). The van der Waals surface area contributed by atoms with Crippen LogP contribution in [0.15, 0.2) is 27.9 Å². The number of rotatable bonds is 2. The monoisotopic (exact) mass is 382 g/mol. The first kappa shape index (κ1) is 18.5. The number of carbonyl (C=O) groups excluding carboxylic acids is 1. The van der Waals surface area contributed by atoms with Crippen LogP contribution in [0.5, 0.6) is 0 Å². The van der Waals surface area contributed by atoms with Gasteiger partial charge in [-0.2, -0.15) is 4.31 Å². The summed E-state index contributed by atoms with van der Waals surface area (Å²) >= 11 is 0. The van der Waals surface area contributed by atoms with Gasteiger partial charge in [0.15, 0.2) is 0 Å². The van der Waals surface area contributed by atoms with Crippen LogP contribution < -0.4 is 5.69 Å². The number of benzene rings is 1. The third kappa shape index (κ3) is 3.75. The van der Waals surface area contributed by atoms with Gasteiger partial charge < -0.3 is 19.6 Å². The van der Waals surface area contributed by atoms with E-state index < -0.39 is 21.7 Å². The number of sulfonamides is 1. The Labute approximate surface area is 151 Å². The van der Waals surface area contributed by atoms with Crippen LogP contribution in [0.1, 0.15) is 20.8 Å². The number of imidazole rings is 1. The van der Waals surface area contributed by atoms with Crippen molar-refractivity contribution < 1.29 is 17.9 Å². The predicted octanol–water partition coefficient (Wildman–Crippen LogP) is 1.10. The first-order valence-electron chi connectivity index (χ1n) is 8.26. The molecule has 1 aromatic carbocycles. The minimum absolute atomic E-state index is 0.103. The first-order chi connectivity index (χ1) is 12.1. The van der Waals surface area contributed by atoms with E-state index in [1.54, 1.807) is 26.8 Å². The molecule has 0 unspecified atom stereocenters. The number of H-pyrrole nitrogens is 2. The van der Waals surface area contributed by atoms with E-state index in [-0.39, 0.29) is 36.8 Å². The average Bonchev–Trinajstić information content (AvgIpc) is 2.92. The van der Waals surface area contributed by atoms with E-state index in [4.69, 9.17) is 4.74 Å². The Hall–Kier alpha value is -2.33. The van der Waals surface area contributed by atoms with Crippen molar-refractivity contribution in [2.75, 3.05) is 26.2 Å². The zero-order valence-electron chi connectivity index (χ0n) is 14.9. The molecule has 0 spiro atoms. The second-order valence-corrected chi connectivity index (χ2v) is 9.10. The number of amides is 1. The van der Waals surface area contributed by atoms with E-state index in [0.29, 0.717) is 11.0 Å². The maximum Gasteiger partial charge on any atom is 0.410 e. The first-order valence-corrected chi connectivity index (χ1v) is 9.70. The molecule has 1 saturated heterocycles. The number of aromatic amines is 2. The van der Waals surface area contributed by atoms with Gasteiger partial charge >= 0.3 is 11.8 Å². The van der Waals surface area contributed by atoms with Crippen LogP contribution in [0.2, 0.25) is 0 Å². The van der Waals surface area contributed by atoms with E-state index in [2.05, 4.69) is 9.97 Å². The smallest absolute Gasteiger partial charge is 0.410 e. The largest absolute Gasteiger partial charge is 0.444 e. The molecule has 0 bridgehead atoms. The molecule has 0 radical (unpaired) electrons. The lowest BCUT2D eigenvalue weighted by Crippen LogP contribution is -2.51. The second kappa shape index (κ2) is 6.44. The lowest BCUT2D eigenvalue weighted by atomic mass is 10.2. The predicted molar refractivity (Wildman–Crippen MR) is 95.5 cm³/mol. The molecule has 142 valence electrons. The quantitative estimate of drug-likeness (QED) is 0.807. The van der Waals surface area contributed by atoms with Gasteiger partial charge in [-0.3, -0.25) is 0 Å². The molecule has 10 heteroatoms. The molecule has 0 aliphatic carbocycles. The maximum absolute atomic E-state index is 12.8. The molecule has 1 aliphatic rings. The summed E-state index contributed by atoms with van der Waals surface area (Å²) in [7, 11) is -3.71. The molecule has 2 aromatic rings. The zero-order valence-corrected chi connectivity index (χ0v) is 15.7. The maximum atomic E-state index is 12.8. The van der Waals surface area contributed by atoms with Gasteiger partial charge in [0.2, 0.25) is 10.0 Å². The van der Waals surface area contributed by atoms with E-state index >= 15 is 0 Å². The molecule has 1 aliphatic heterocycles. The molecular weight excluding hydrogens is 360 g/mol. The number of hydrogen-bond donors (Lipinski definition) is 2. The Balaban J connectivity index is 1.73. The van der Waals surface area contributed by atoms with Crippen molar-refractivity contribution in [3.63, 3.8) is 0 Å². The summed E-state index contributed by atoms with van der Waals surface area (Å²) in [6.45, 7) is 6.24. The van der Waals surface area contributed by atoms with Gasteiger partial charge in [0.05, 0.1) is 15.9 Å². The standard InChI is InChI=1S/C16H22N4O5S/c1-16(2,3)25-15(22)19-6-8-20(9-7-19)26(23,24)11-4-5-12-13(10-11)18-14(21)17-12/h4-5,10H,6-9H2,1-3H3,(H2,17,18,21). The minimum atomic E-state index is -3.71. The highest BCUT2D eigenvalue weighted by atomic mass is 32.2. The van der Waals surface area contributed by atoms with Crippen molar-refractivity contribution in [3.05, 3.63) is 28.7 Å². The molecular formula is C16H22N4O5S. The van der Waals surface area contributed by atoms with Crippen LogP contribution in [0.25, 0.3) is 11.0 Å². The number of aromatic nitrogens is 2. The summed E-state index contributed by atoms with van der Waals surface area (Å²) in [5.74, 6) is 0. The fourth-order valence-corrected chi connectivity index (χ4v) is 4.21. The molecule has 0 atom stereocenters. The van der Waals surface area contributed by atoms with Gasteiger partial charge in [0, 0.05) is 26.2 Å². The number of ether oxygens (including phenoxy) is 1. The summed E-state index contributed by atoms with van der Waals surface area (Å²) in [5, 5.41) is 0. The number of nitrogens with one attached hydrogen (secondary N) is 2. The van der Waals surface area contributed by atoms with E-state index in [9.17, 15) is 18.0 Å². The molecule has 1 aromatic heterocycles. The van der Waals surface area contributed by atoms with Crippen molar-refractivity contribution in [1.29, 1.82) is 0 Å². The summed E-state index contributed by atoms with van der Waals surface area (Å²) in [5.41, 5.74) is -0.00362. The summed E-state index contributed by atoms with van der Waals surface area (Å²) in [6.07, 6.45) is -0.444. The minimum Gasteiger partial charge on any atom is -0.444 e.